The van der Waals surface area contributed by atoms with E-state index in [2.05, 4.69) is 0 Å². The van der Waals surface area contributed by atoms with Crippen LogP contribution in [0.3, 0.4) is 0 Å². The largest absolute Gasteiger partial charge is 0.480 e. The fraction of sp³-hybridized carbons (Fsp3) is 0.900. The Kier molecular flexibility index (Phi) is 1.88. The molecule has 13 heavy (non-hydrogen) atoms. The molecule has 3 heteroatoms. The average molecular weight is 183 g/mol. The van der Waals surface area contributed by atoms with E-state index in [0.29, 0.717) is 18.3 Å². The number of hydrogen-bond donors (Lipinski definition) is 2. The van der Waals surface area contributed by atoms with Gasteiger partial charge in [-0.2, -0.15) is 0 Å². The van der Waals surface area contributed by atoms with Crippen LogP contribution < -0.4 is 5.73 Å². The number of carboxylic acid groups (broad SMARTS) is 1. The van der Waals surface area contributed by atoms with Crippen molar-refractivity contribution in [1.82, 2.24) is 0 Å². The van der Waals surface area contributed by atoms with Crippen molar-refractivity contribution in [2.75, 3.05) is 0 Å². The second-order valence-corrected chi connectivity index (χ2v) is 4.85. The SMILES string of the molecule is NC1(C(=O)O)CCCC2(CCC2)C1. The molecule has 0 aromatic rings. The first-order valence-electron chi connectivity index (χ1n) is 5.09. The van der Waals surface area contributed by atoms with Gasteiger partial charge >= 0.3 is 5.97 Å². The maximum Gasteiger partial charge on any atom is 0.323 e. The summed E-state index contributed by atoms with van der Waals surface area (Å²) in [7, 11) is 0. The van der Waals surface area contributed by atoms with Gasteiger partial charge in [0.2, 0.25) is 0 Å². The summed E-state index contributed by atoms with van der Waals surface area (Å²) in [4.78, 5) is 11.0. The molecule has 0 bridgehead atoms. The molecule has 2 fully saturated rings. The molecule has 2 aliphatic rings. The van der Waals surface area contributed by atoms with Crippen molar-refractivity contribution >= 4 is 5.97 Å². The highest BCUT2D eigenvalue weighted by Crippen LogP contribution is 2.53. The van der Waals surface area contributed by atoms with Gasteiger partial charge in [0.1, 0.15) is 5.54 Å². The van der Waals surface area contributed by atoms with Gasteiger partial charge in [-0.05, 0) is 37.5 Å². The first-order valence-corrected chi connectivity index (χ1v) is 5.09. The van der Waals surface area contributed by atoms with Gasteiger partial charge in [-0.3, -0.25) is 4.79 Å². The van der Waals surface area contributed by atoms with Gasteiger partial charge in [0.15, 0.2) is 0 Å². The number of nitrogens with two attached hydrogens (primary N) is 1. The van der Waals surface area contributed by atoms with Crippen LogP contribution in [0.2, 0.25) is 0 Å². The molecule has 2 rings (SSSR count). The summed E-state index contributed by atoms with van der Waals surface area (Å²) in [6.45, 7) is 0. The van der Waals surface area contributed by atoms with Gasteiger partial charge in [-0.1, -0.05) is 12.8 Å². The predicted octanol–water partition coefficient (Wildman–Crippen LogP) is 1.51. The fourth-order valence-electron chi connectivity index (χ4n) is 2.91. The van der Waals surface area contributed by atoms with E-state index in [9.17, 15) is 4.79 Å². The zero-order chi connectivity index (χ0) is 9.53. The maximum absolute atomic E-state index is 11.0. The molecular weight excluding hydrogens is 166 g/mol. The Morgan fingerprint density at radius 1 is 1.15 bits per heavy atom. The zero-order valence-electron chi connectivity index (χ0n) is 7.88. The van der Waals surface area contributed by atoms with Crippen LogP contribution in [-0.4, -0.2) is 16.6 Å². The summed E-state index contributed by atoms with van der Waals surface area (Å²) in [5.41, 5.74) is 5.28. The third-order valence-corrected chi connectivity index (χ3v) is 3.86. The Balaban J connectivity index is 2.11. The lowest BCUT2D eigenvalue weighted by molar-refractivity contribution is -0.148. The minimum atomic E-state index is -0.918. The van der Waals surface area contributed by atoms with E-state index in [1.165, 1.54) is 25.7 Å². The van der Waals surface area contributed by atoms with Gasteiger partial charge in [0, 0.05) is 0 Å². The Morgan fingerprint density at radius 2 is 1.69 bits per heavy atom. The third kappa shape index (κ3) is 1.35. The van der Waals surface area contributed by atoms with Crippen LogP contribution in [0.5, 0.6) is 0 Å². The van der Waals surface area contributed by atoms with E-state index in [0.717, 1.165) is 6.42 Å². The number of carbonyl (C=O) groups is 1. The van der Waals surface area contributed by atoms with Gasteiger partial charge < -0.3 is 10.8 Å². The molecule has 1 unspecified atom stereocenters. The molecule has 0 heterocycles. The highest BCUT2D eigenvalue weighted by atomic mass is 16.4. The molecule has 0 radical (unpaired) electrons. The maximum atomic E-state index is 11.0. The van der Waals surface area contributed by atoms with Crippen molar-refractivity contribution in [1.29, 1.82) is 0 Å². The minimum Gasteiger partial charge on any atom is -0.480 e. The minimum absolute atomic E-state index is 0.311. The topological polar surface area (TPSA) is 63.3 Å². The Bertz CT molecular complexity index is 235. The predicted molar refractivity (Wildman–Crippen MR) is 49.3 cm³/mol. The average Bonchev–Trinajstić information content (AvgIpc) is 2.01. The van der Waals surface area contributed by atoms with E-state index < -0.39 is 11.5 Å². The first kappa shape index (κ1) is 9.00. The zero-order valence-corrected chi connectivity index (χ0v) is 7.88. The Labute approximate surface area is 78.3 Å². The summed E-state index contributed by atoms with van der Waals surface area (Å²) < 4.78 is 0. The van der Waals surface area contributed by atoms with Crippen LogP contribution >= 0.6 is 0 Å². The molecule has 74 valence electrons. The lowest BCUT2D eigenvalue weighted by atomic mass is 9.56. The second-order valence-electron chi connectivity index (χ2n) is 4.85. The number of aliphatic carboxylic acids is 1. The van der Waals surface area contributed by atoms with Crippen molar-refractivity contribution in [3.63, 3.8) is 0 Å². The Hall–Kier alpha value is -0.570. The van der Waals surface area contributed by atoms with Gasteiger partial charge in [-0.25, -0.2) is 0 Å². The van der Waals surface area contributed by atoms with E-state index in [4.69, 9.17) is 10.8 Å². The van der Waals surface area contributed by atoms with Crippen LogP contribution in [0.15, 0.2) is 0 Å². The molecule has 0 amide bonds. The van der Waals surface area contributed by atoms with Crippen LogP contribution in [0.25, 0.3) is 0 Å². The van der Waals surface area contributed by atoms with Gasteiger partial charge in [0.25, 0.3) is 0 Å². The van der Waals surface area contributed by atoms with Crippen LogP contribution in [-0.2, 0) is 4.79 Å². The number of carboxylic acids is 1. The van der Waals surface area contributed by atoms with Gasteiger partial charge in [-0.15, -0.1) is 0 Å². The number of rotatable bonds is 1. The molecule has 2 aliphatic carbocycles. The smallest absolute Gasteiger partial charge is 0.323 e. The molecule has 0 aromatic carbocycles. The molecule has 3 nitrogen and oxygen atoms in total. The van der Waals surface area contributed by atoms with Crippen molar-refractivity contribution in [3.8, 4) is 0 Å². The number of hydrogen-bond acceptors (Lipinski definition) is 2. The summed E-state index contributed by atoms with van der Waals surface area (Å²) in [6, 6.07) is 0. The summed E-state index contributed by atoms with van der Waals surface area (Å²) in [5.74, 6) is -0.807. The molecule has 1 atom stereocenters. The van der Waals surface area contributed by atoms with Gasteiger partial charge in [0.05, 0.1) is 0 Å². The van der Waals surface area contributed by atoms with Crippen molar-refractivity contribution in [2.45, 2.75) is 50.5 Å². The second kappa shape index (κ2) is 2.71. The van der Waals surface area contributed by atoms with E-state index in [-0.39, 0.29) is 0 Å². The normalized spacial score (nSPS) is 37.0. The van der Waals surface area contributed by atoms with Crippen LogP contribution in [0, 0.1) is 5.41 Å². The summed E-state index contributed by atoms with van der Waals surface area (Å²) in [6.07, 6.45) is 7.19. The highest BCUT2D eigenvalue weighted by Gasteiger charge is 2.49. The van der Waals surface area contributed by atoms with E-state index >= 15 is 0 Å². The third-order valence-electron chi connectivity index (χ3n) is 3.86. The molecule has 0 aliphatic heterocycles. The summed E-state index contributed by atoms with van der Waals surface area (Å²) >= 11 is 0. The molecule has 0 saturated heterocycles. The molecule has 1 spiro atoms. The van der Waals surface area contributed by atoms with Crippen molar-refractivity contribution in [2.24, 2.45) is 11.1 Å². The molecular formula is C10H17NO2. The van der Waals surface area contributed by atoms with E-state index in [1.807, 2.05) is 0 Å². The standard InChI is InChI=1S/C10H17NO2/c11-10(8(12)13)6-2-5-9(7-10)3-1-4-9/h1-7,11H2,(H,12,13). The van der Waals surface area contributed by atoms with Crippen molar-refractivity contribution < 1.29 is 9.90 Å². The molecule has 3 N–H and O–H groups in total. The lowest BCUT2D eigenvalue weighted by Gasteiger charge is -2.50. The van der Waals surface area contributed by atoms with Crippen molar-refractivity contribution in [3.05, 3.63) is 0 Å². The molecule has 0 aromatic heterocycles. The Morgan fingerprint density at radius 3 is 2.15 bits per heavy atom. The highest BCUT2D eigenvalue weighted by molar-refractivity contribution is 5.78. The lowest BCUT2D eigenvalue weighted by Crippen LogP contribution is -2.55. The van der Waals surface area contributed by atoms with E-state index in [1.54, 1.807) is 0 Å². The monoisotopic (exact) mass is 183 g/mol. The quantitative estimate of drug-likeness (QED) is 0.647. The first-order chi connectivity index (χ1) is 6.06. The van der Waals surface area contributed by atoms with Crippen LogP contribution in [0.4, 0.5) is 0 Å². The molecule has 2 saturated carbocycles. The van der Waals surface area contributed by atoms with Crippen LogP contribution in [0.1, 0.15) is 44.9 Å². The fourth-order valence-corrected chi connectivity index (χ4v) is 2.91. The summed E-state index contributed by atoms with van der Waals surface area (Å²) in [5, 5.41) is 9.02.